The smallest absolute Gasteiger partial charge is 0.343 e. The highest BCUT2D eigenvalue weighted by molar-refractivity contribution is 5.99. The number of aromatic nitrogens is 1. The van der Waals surface area contributed by atoms with Crippen LogP contribution in [0.4, 0.5) is 5.82 Å². The lowest BCUT2D eigenvalue weighted by atomic mass is 9.72. The van der Waals surface area contributed by atoms with Gasteiger partial charge in [-0.1, -0.05) is 65.8 Å². The molecular formula is C23H25N3O3. The average molecular weight is 391 g/mol. The minimum atomic E-state index is -1.05. The minimum Gasteiger partial charge on any atom is -0.477 e. The topological polar surface area (TPSA) is 78.6 Å². The Morgan fingerprint density at radius 3 is 2.34 bits per heavy atom. The summed E-state index contributed by atoms with van der Waals surface area (Å²) in [5, 5.41) is 17.2. The van der Waals surface area contributed by atoms with Crippen molar-refractivity contribution in [2.45, 2.75) is 18.3 Å². The molecular weight excluding hydrogens is 366 g/mol. The Labute approximate surface area is 170 Å². The van der Waals surface area contributed by atoms with E-state index in [0.717, 1.165) is 25.9 Å². The Kier molecular flexibility index (Phi) is 5.36. The van der Waals surface area contributed by atoms with Crippen LogP contribution in [0.1, 0.15) is 28.8 Å². The number of hydrogen-bond donors (Lipinski definition) is 2. The van der Waals surface area contributed by atoms with Crippen LogP contribution in [-0.2, 0) is 5.41 Å². The number of carboxylic acid groups (broad SMARTS) is 1. The molecule has 0 radical (unpaired) electrons. The monoisotopic (exact) mass is 391 g/mol. The maximum atomic E-state index is 12.0. The Morgan fingerprint density at radius 1 is 1.10 bits per heavy atom. The molecule has 0 atom stereocenters. The Balaban J connectivity index is 1.63. The molecule has 2 N–H and O–H groups in total. The second-order valence-corrected chi connectivity index (χ2v) is 7.71. The van der Waals surface area contributed by atoms with Crippen molar-refractivity contribution < 1.29 is 14.4 Å². The van der Waals surface area contributed by atoms with Crippen molar-refractivity contribution in [3.05, 3.63) is 71.8 Å². The molecule has 1 aliphatic rings. The lowest BCUT2D eigenvalue weighted by Crippen LogP contribution is -2.45. The van der Waals surface area contributed by atoms with E-state index in [0.29, 0.717) is 12.1 Å². The number of hydrogen-bond acceptors (Lipinski definition) is 5. The first kappa shape index (κ1) is 19.2. The number of rotatable bonds is 6. The zero-order chi connectivity index (χ0) is 20.3. The summed E-state index contributed by atoms with van der Waals surface area (Å²) in [6.07, 6.45) is 1.98. The first-order valence-corrected chi connectivity index (χ1v) is 9.85. The summed E-state index contributed by atoms with van der Waals surface area (Å²) in [6.45, 7) is 2.60. The highest BCUT2D eigenvalue weighted by Crippen LogP contribution is 2.36. The highest BCUT2D eigenvalue weighted by Gasteiger charge is 2.36. The van der Waals surface area contributed by atoms with E-state index >= 15 is 0 Å². The van der Waals surface area contributed by atoms with Gasteiger partial charge >= 0.3 is 5.97 Å². The molecule has 6 nitrogen and oxygen atoms in total. The fourth-order valence-electron chi connectivity index (χ4n) is 4.05. The van der Waals surface area contributed by atoms with Gasteiger partial charge in [0.1, 0.15) is 0 Å². The second kappa shape index (κ2) is 8.09. The average Bonchev–Trinajstić information content (AvgIpc) is 3.19. The maximum Gasteiger partial charge on any atom is 0.343 e. The third-order valence-corrected chi connectivity index (χ3v) is 5.87. The molecule has 150 valence electrons. The first-order chi connectivity index (χ1) is 14.1. The van der Waals surface area contributed by atoms with Crippen LogP contribution in [-0.4, -0.2) is 47.8 Å². The summed E-state index contributed by atoms with van der Waals surface area (Å²) in [5.41, 5.74) is 1.97. The third kappa shape index (κ3) is 3.89. The summed E-state index contributed by atoms with van der Waals surface area (Å²) < 4.78 is 5.44. The van der Waals surface area contributed by atoms with E-state index in [-0.39, 0.29) is 22.6 Å². The van der Waals surface area contributed by atoms with Gasteiger partial charge in [-0.25, -0.2) is 4.79 Å². The number of carbonyl (C=O) groups is 1. The van der Waals surface area contributed by atoms with Gasteiger partial charge in [0.15, 0.2) is 17.1 Å². The number of nitrogens with zero attached hydrogens (tertiary/aromatic N) is 2. The molecule has 0 bridgehead atoms. The third-order valence-electron chi connectivity index (χ3n) is 5.87. The van der Waals surface area contributed by atoms with Gasteiger partial charge in [0, 0.05) is 17.5 Å². The summed E-state index contributed by atoms with van der Waals surface area (Å²) >= 11 is 0. The van der Waals surface area contributed by atoms with Gasteiger partial charge in [-0.15, -0.1) is 0 Å². The van der Waals surface area contributed by atoms with E-state index in [1.165, 1.54) is 5.56 Å². The predicted octanol–water partition coefficient (Wildman–Crippen LogP) is 4.12. The Morgan fingerprint density at radius 2 is 1.72 bits per heavy atom. The molecule has 2 aromatic carbocycles. The zero-order valence-corrected chi connectivity index (χ0v) is 16.5. The molecule has 3 aromatic rings. The first-order valence-electron chi connectivity index (χ1n) is 9.85. The Hall–Kier alpha value is -3.12. The summed E-state index contributed by atoms with van der Waals surface area (Å²) in [6, 6.07) is 19.7. The fourth-order valence-corrected chi connectivity index (χ4v) is 4.05. The molecule has 0 saturated carbocycles. The Bertz CT molecular complexity index is 962. The van der Waals surface area contributed by atoms with E-state index in [2.05, 4.69) is 46.7 Å². The van der Waals surface area contributed by atoms with Crippen molar-refractivity contribution in [3.8, 4) is 11.3 Å². The van der Waals surface area contributed by atoms with Crippen LogP contribution in [0.5, 0.6) is 0 Å². The van der Waals surface area contributed by atoms with Crippen LogP contribution in [0.3, 0.4) is 0 Å². The minimum absolute atomic E-state index is 0.0740. The number of carboxylic acids is 1. The molecule has 0 aliphatic carbocycles. The van der Waals surface area contributed by atoms with Crippen LogP contribution >= 0.6 is 0 Å². The normalized spacial score (nSPS) is 16.4. The largest absolute Gasteiger partial charge is 0.477 e. The van der Waals surface area contributed by atoms with Crippen molar-refractivity contribution in [2.75, 3.05) is 32.0 Å². The van der Waals surface area contributed by atoms with Gasteiger partial charge in [0.05, 0.1) is 0 Å². The van der Waals surface area contributed by atoms with E-state index < -0.39 is 5.97 Å². The molecule has 0 amide bonds. The summed E-state index contributed by atoms with van der Waals surface area (Å²) in [4.78, 5) is 14.3. The number of aromatic carboxylic acids is 1. The van der Waals surface area contributed by atoms with Gasteiger partial charge in [0.25, 0.3) is 0 Å². The van der Waals surface area contributed by atoms with E-state index in [1.54, 1.807) is 0 Å². The van der Waals surface area contributed by atoms with Gasteiger partial charge in [-0.2, -0.15) is 0 Å². The number of anilines is 1. The number of nitrogens with one attached hydrogen (secondary N) is 1. The lowest BCUT2D eigenvalue weighted by Gasteiger charge is -2.41. The van der Waals surface area contributed by atoms with Crippen LogP contribution in [0.2, 0.25) is 0 Å². The molecule has 0 unspecified atom stereocenters. The summed E-state index contributed by atoms with van der Waals surface area (Å²) in [7, 11) is 2.13. The molecule has 1 saturated heterocycles. The summed E-state index contributed by atoms with van der Waals surface area (Å²) in [5.74, 6) is -0.493. The van der Waals surface area contributed by atoms with Crippen LogP contribution < -0.4 is 5.32 Å². The van der Waals surface area contributed by atoms with E-state index in [9.17, 15) is 9.90 Å². The fraction of sp³-hybridized carbons (Fsp3) is 0.304. The molecule has 1 fully saturated rings. The van der Waals surface area contributed by atoms with Gasteiger partial charge in [-0.05, 0) is 38.5 Å². The van der Waals surface area contributed by atoms with E-state index in [4.69, 9.17) is 4.52 Å². The van der Waals surface area contributed by atoms with Crippen molar-refractivity contribution >= 4 is 11.8 Å². The van der Waals surface area contributed by atoms with Crippen LogP contribution in [0.15, 0.2) is 65.2 Å². The van der Waals surface area contributed by atoms with Gasteiger partial charge in [0.2, 0.25) is 0 Å². The molecule has 1 aromatic heterocycles. The number of piperidine rings is 1. The van der Waals surface area contributed by atoms with Crippen molar-refractivity contribution in [1.29, 1.82) is 0 Å². The number of benzene rings is 2. The highest BCUT2D eigenvalue weighted by atomic mass is 16.5. The molecule has 2 heterocycles. The number of likely N-dealkylation sites (tertiary alicyclic amines) is 1. The van der Waals surface area contributed by atoms with Crippen molar-refractivity contribution in [3.63, 3.8) is 0 Å². The SMILES string of the molecule is CN1CCC(CNc2noc(-c3ccccc3)c2C(=O)O)(c2ccccc2)CC1. The van der Waals surface area contributed by atoms with Crippen LogP contribution in [0.25, 0.3) is 11.3 Å². The predicted molar refractivity (Wildman–Crippen MR) is 112 cm³/mol. The lowest BCUT2D eigenvalue weighted by molar-refractivity contribution is 0.0698. The van der Waals surface area contributed by atoms with Gasteiger partial charge < -0.3 is 19.8 Å². The molecule has 6 heteroatoms. The quantitative estimate of drug-likeness (QED) is 0.658. The molecule has 4 rings (SSSR count). The second-order valence-electron chi connectivity index (χ2n) is 7.71. The zero-order valence-electron chi connectivity index (χ0n) is 16.5. The standard InChI is InChI=1S/C23H25N3O3/c1-26-14-12-23(13-15-26,18-10-6-3-7-11-18)16-24-21-19(22(27)28)20(29-25-21)17-8-4-2-5-9-17/h2-11H,12-16H2,1H3,(H,24,25)(H,27,28). The molecule has 29 heavy (non-hydrogen) atoms. The van der Waals surface area contributed by atoms with Gasteiger partial charge in [-0.3, -0.25) is 0 Å². The van der Waals surface area contributed by atoms with Crippen molar-refractivity contribution in [2.24, 2.45) is 0 Å². The molecule has 1 aliphatic heterocycles. The van der Waals surface area contributed by atoms with Crippen LogP contribution in [0, 0.1) is 0 Å². The maximum absolute atomic E-state index is 12.0. The van der Waals surface area contributed by atoms with Crippen molar-refractivity contribution in [1.82, 2.24) is 10.1 Å². The van der Waals surface area contributed by atoms with E-state index in [1.807, 2.05) is 36.4 Å². The molecule has 0 spiro atoms.